The van der Waals surface area contributed by atoms with Crippen molar-refractivity contribution in [1.82, 2.24) is 5.32 Å². The average molecular weight is 369 g/mol. The van der Waals surface area contributed by atoms with E-state index in [1.165, 1.54) is 0 Å². The van der Waals surface area contributed by atoms with Crippen molar-refractivity contribution in [2.45, 2.75) is 31.9 Å². The Bertz CT molecular complexity index is 773. The smallest absolute Gasteiger partial charge is 0.345 e. The van der Waals surface area contributed by atoms with Crippen molar-refractivity contribution in [3.05, 3.63) is 60.2 Å². The Morgan fingerprint density at radius 2 is 1.63 bits per heavy atom. The highest BCUT2D eigenvalue weighted by atomic mass is 16.6. The van der Waals surface area contributed by atoms with Gasteiger partial charge in [-0.1, -0.05) is 42.5 Å². The van der Waals surface area contributed by atoms with Gasteiger partial charge in [0.05, 0.1) is 6.61 Å². The molecule has 6 heteroatoms. The number of nitrogens with one attached hydrogen (secondary N) is 1. The second kappa shape index (κ2) is 9.07. The molecule has 1 saturated carbocycles. The standard InChI is InChI=1S/C21H23NO5/c1-2-25-17-10-6-7-11-18(17)26-14-19(23)27-20(15-8-4-3-5-9-15)21(24)22-16-12-13-16/h3-11,16,20H,2,12-14H2,1H3,(H,22,24). The van der Waals surface area contributed by atoms with E-state index in [1.54, 1.807) is 42.5 Å². The van der Waals surface area contributed by atoms with Crippen molar-refractivity contribution in [1.29, 1.82) is 0 Å². The normalized spacial score (nSPS) is 14.1. The lowest BCUT2D eigenvalue weighted by Crippen LogP contribution is -2.34. The Balaban J connectivity index is 1.63. The molecule has 2 aromatic carbocycles. The van der Waals surface area contributed by atoms with E-state index in [0.717, 1.165) is 12.8 Å². The summed E-state index contributed by atoms with van der Waals surface area (Å²) in [4.78, 5) is 24.8. The topological polar surface area (TPSA) is 73.9 Å². The summed E-state index contributed by atoms with van der Waals surface area (Å²) in [5, 5.41) is 2.88. The van der Waals surface area contributed by atoms with Crippen molar-refractivity contribution in [2.75, 3.05) is 13.2 Å². The zero-order valence-electron chi connectivity index (χ0n) is 15.2. The summed E-state index contributed by atoms with van der Waals surface area (Å²) in [6.45, 7) is 2.04. The summed E-state index contributed by atoms with van der Waals surface area (Å²) in [5.41, 5.74) is 0.624. The minimum atomic E-state index is -0.995. The van der Waals surface area contributed by atoms with Gasteiger partial charge < -0.3 is 19.5 Å². The third-order valence-corrected chi connectivity index (χ3v) is 4.01. The first kappa shape index (κ1) is 18.8. The summed E-state index contributed by atoms with van der Waals surface area (Å²) in [6, 6.07) is 16.2. The molecule has 2 aromatic rings. The number of amides is 1. The van der Waals surface area contributed by atoms with Crippen molar-refractivity contribution < 1.29 is 23.8 Å². The molecule has 0 radical (unpaired) electrons. The van der Waals surface area contributed by atoms with Gasteiger partial charge in [-0.15, -0.1) is 0 Å². The van der Waals surface area contributed by atoms with Crippen LogP contribution in [-0.4, -0.2) is 31.1 Å². The number of para-hydroxylation sites is 2. The lowest BCUT2D eigenvalue weighted by Gasteiger charge is -2.18. The molecule has 1 N–H and O–H groups in total. The van der Waals surface area contributed by atoms with Crippen LogP contribution in [0, 0.1) is 0 Å². The molecule has 0 saturated heterocycles. The summed E-state index contributed by atoms with van der Waals surface area (Å²) < 4.78 is 16.4. The monoisotopic (exact) mass is 369 g/mol. The number of benzene rings is 2. The van der Waals surface area contributed by atoms with Gasteiger partial charge in [0.2, 0.25) is 6.10 Å². The average Bonchev–Trinajstić information content (AvgIpc) is 3.50. The molecule has 1 amide bonds. The molecular formula is C21H23NO5. The number of esters is 1. The molecule has 0 bridgehead atoms. The van der Waals surface area contributed by atoms with Gasteiger partial charge in [0, 0.05) is 11.6 Å². The quantitative estimate of drug-likeness (QED) is 0.688. The fraction of sp³-hybridized carbons (Fsp3) is 0.333. The molecule has 1 fully saturated rings. The lowest BCUT2D eigenvalue weighted by molar-refractivity contribution is -0.158. The van der Waals surface area contributed by atoms with Gasteiger partial charge in [0.15, 0.2) is 18.1 Å². The Kier molecular flexibility index (Phi) is 6.30. The highest BCUT2D eigenvalue weighted by Crippen LogP contribution is 2.27. The minimum Gasteiger partial charge on any atom is -0.490 e. The van der Waals surface area contributed by atoms with E-state index >= 15 is 0 Å². The van der Waals surface area contributed by atoms with Crippen LogP contribution < -0.4 is 14.8 Å². The molecule has 1 aliphatic rings. The van der Waals surface area contributed by atoms with Crippen LogP contribution in [0.3, 0.4) is 0 Å². The summed E-state index contributed by atoms with van der Waals surface area (Å²) >= 11 is 0. The lowest BCUT2D eigenvalue weighted by atomic mass is 10.1. The Labute approximate surface area is 158 Å². The zero-order chi connectivity index (χ0) is 19.1. The number of hydrogen-bond acceptors (Lipinski definition) is 5. The molecule has 27 heavy (non-hydrogen) atoms. The molecule has 0 aromatic heterocycles. The third kappa shape index (κ3) is 5.48. The van der Waals surface area contributed by atoms with E-state index < -0.39 is 12.1 Å². The van der Waals surface area contributed by atoms with Gasteiger partial charge in [-0.05, 0) is 31.9 Å². The molecule has 3 rings (SSSR count). The SMILES string of the molecule is CCOc1ccccc1OCC(=O)OC(C(=O)NC1CC1)c1ccccc1. The maximum Gasteiger partial charge on any atom is 0.345 e. The number of carbonyl (C=O) groups excluding carboxylic acids is 2. The van der Waals surface area contributed by atoms with Crippen LogP contribution in [0.25, 0.3) is 0 Å². The Morgan fingerprint density at radius 1 is 1.00 bits per heavy atom. The fourth-order valence-corrected chi connectivity index (χ4v) is 2.55. The van der Waals surface area contributed by atoms with E-state index in [9.17, 15) is 9.59 Å². The number of ether oxygens (including phenoxy) is 3. The summed E-state index contributed by atoms with van der Waals surface area (Å²) in [6.07, 6.45) is 0.918. The molecule has 6 nitrogen and oxygen atoms in total. The van der Waals surface area contributed by atoms with Crippen LogP contribution in [0.5, 0.6) is 11.5 Å². The van der Waals surface area contributed by atoms with E-state index in [2.05, 4.69) is 5.32 Å². The first-order valence-corrected chi connectivity index (χ1v) is 9.06. The van der Waals surface area contributed by atoms with E-state index in [-0.39, 0.29) is 18.6 Å². The Morgan fingerprint density at radius 3 is 2.26 bits per heavy atom. The van der Waals surface area contributed by atoms with Crippen molar-refractivity contribution in [3.63, 3.8) is 0 Å². The van der Waals surface area contributed by atoms with Crippen molar-refractivity contribution in [2.24, 2.45) is 0 Å². The van der Waals surface area contributed by atoms with Gasteiger partial charge in [-0.2, -0.15) is 0 Å². The van der Waals surface area contributed by atoms with E-state index in [4.69, 9.17) is 14.2 Å². The minimum absolute atomic E-state index is 0.178. The largest absolute Gasteiger partial charge is 0.490 e. The number of hydrogen-bond donors (Lipinski definition) is 1. The van der Waals surface area contributed by atoms with Crippen LogP contribution in [-0.2, 0) is 14.3 Å². The molecule has 1 unspecified atom stereocenters. The second-order valence-electron chi connectivity index (χ2n) is 6.23. The van der Waals surface area contributed by atoms with Gasteiger partial charge in [0.1, 0.15) is 0 Å². The first-order valence-electron chi connectivity index (χ1n) is 9.06. The van der Waals surface area contributed by atoms with Crippen LogP contribution in [0.15, 0.2) is 54.6 Å². The van der Waals surface area contributed by atoms with Crippen LogP contribution in [0.2, 0.25) is 0 Å². The molecule has 0 spiro atoms. The maximum absolute atomic E-state index is 12.5. The van der Waals surface area contributed by atoms with Crippen LogP contribution in [0.1, 0.15) is 31.4 Å². The molecular weight excluding hydrogens is 346 g/mol. The summed E-state index contributed by atoms with van der Waals surface area (Å²) in [7, 11) is 0. The molecule has 1 atom stereocenters. The number of carbonyl (C=O) groups is 2. The molecule has 0 heterocycles. The molecule has 0 aliphatic heterocycles. The van der Waals surface area contributed by atoms with Gasteiger partial charge >= 0.3 is 5.97 Å². The van der Waals surface area contributed by atoms with Crippen LogP contribution in [0.4, 0.5) is 0 Å². The third-order valence-electron chi connectivity index (χ3n) is 4.01. The highest BCUT2D eigenvalue weighted by molar-refractivity contribution is 5.85. The van der Waals surface area contributed by atoms with E-state index in [1.807, 2.05) is 19.1 Å². The van der Waals surface area contributed by atoms with E-state index in [0.29, 0.717) is 23.7 Å². The first-order chi connectivity index (χ1) is 13.2. The van der Waals surface area contributed by atoms with Gasteiger partial charge in [0.25, 0.3) is 5.91 Å². The van der Waals surface area contributed by atoms with Crippen molar-refractivity contribution >= 4 is 11.9 Å². The fourth-order valence-electron chi connectivity index (χ4n) is 2.55. The highest BCUT2D eigenvalue weighted by Gasteiger charge is 2.30. The number of rotatable bonds is 9. The summed E-state index contributed by atoms with van der Waals surface area (Å²) in [5.74, 6) is 0.0711. The second-order valence-corrected chi connectivity index (χ2v) is 6.23. The predicted molar refractivity (Wildman–Crippen MR) is 99.5 cm³/mol. The van der Waals surface area contributed by atoms with Gasteiger partial charge in [-0.3, -0.25) is 4.79 Å². The van der Waals surface area contributed by atoms with Gasteiger partial charge in [-0.25, -0.2) is 4.79 Å². The Hall–Kier alpha value is -3.02. The molecule has 142 valence electrons. The predicted octanol–water partition coefficient (Wildman–Crippen LogP) is 3.03. The molecule has 1 aliphatic carbocycles. The van der Waals surface area contributed by atoms with Crippen molar-refractivity contribution in [3.8, 4) is 11.5 Å². The zero-order valence-corrected chi connectivity index (χ0v) is 15.2. The van der Waals surface area contributed by atoms with Crippen LogP contribution >= 0.6 is 0 Å². The maximum atomic E-state index is 12.5.